The first-order chi connectivity index (χ1) is 29.5. The van der Waals surface area contributed by atoms with E-state index in [9.17, 15) is 0 Å². The lowest BCUT2D eigenvalue weighted by molar-refractivity contribution is 0.590. The molecule has 1 aliphatic rings. The van der Waals surface area contributed by atoms with Gasteiger partial charge in [-0.3, -0.25) is 0 Å². The van der Waals surface area contributed by atoms with E-state index in [-0.39, 0.29) is 10.8 Å². The van der Waals surface area contributed by atoms with Crippen molar-refractivity contribution in [2.75, 3.05) is 4.90 Å². The summed E-state index contributed by atoms with van der Waals surface area (Å²) >= 11 is 0. The van der Waals surface area contributed by atoms with Gasteiger partial charge in [0.2, 0.25) is 0 Å². The third-order valence-corrected chi connectivity index (χ3v) is 12.6. The lowest BCUT2D eigenvalue weighted by Crippen LogP contribution is -2.28. The van der Waals surface area contributed by atoms with Crippen molar-refractivity contribution in [2.24, 2.45) is 0 Å². The molecule has 8 aromatic rings. The maximum absolute atomic E-state index is 4.05. The fraction of sp³-hybridized carbons (Fsp3) is 0.133. The van der Waals surface area contributed by atoms with E-state index in [4.69, 9.17) is 0 Å². The van der Waals surface area contributed by atoms with Crippen molar-refractivity contribution >= 4 is 28.7 Å². The molecule has 1 aliphatic carbocycles. The minimum atomic E-state index is -0.179. The minimum absolute atomic E-state index is 0.101. The predicted octanol–water partition coefficient (Wildman–Crippen LogP) is 14.9. The van der Waals surface area contributed by atoms with Crippen LogP contribution in [0.4, 0.5) is 17.1 Å². The van der Waals surface area contributed by atoms with Crippen molar-refractivity contribution in [3.63, 3.8) is 0 Å². The zero-order valence-electron chi connectivity index (χ0n) is 36.2. The molecular formula is C60H53N. The smallest absolute Gasteiger partial charge is 0.0540 e. The highest BCUT2D eigenvalue weighted by atomic mass is 15.1. The van der Waals surface area contributed by atoms with Gasteiger partial charge in [-0.2, -0.15) is 0 Å². The molecule has 0 aliphatic heterocycles. The zero-order valence-corrected chi connectivity index (χ0v) is 36.2. The number of anilines is 3. The number of nitrogens with zero attached hydrogens (tertiary/aromatic N) is 1. The van der Waals surface area contributed by atoms with E-state index in [2.05, 4.69) is 247 Å². The molecule has 0 spiro atoms. The number of para-hydroxylation sites is 1. The van der Waals surface area contributed by atoms with Crippen LogP contribution in [0.5, 0.6) is 0 Å². The molecule has 0 atom stereocenters. The molecule has 0 amide bonds. The van der Waals surface area contributed by atoms with E-state index < -0.39 is 0 Å². The van der Waals surface area contributed by atoms with Crippen molar-refractivity contribution < 1.29 is 0 Å². The Morgan fingerprint density at radius 1 is 0.508 bits per heavy atom. The van der Waals surface area contributed by atoms with Crippen LogP contribution in [-0.2, 0) is 10.8 Å². The van der Waals surface area contributed by atoms with Crippen LogP contribution >= 0.6 is 0 Å². The fourth-order valence-electron chi connectivity index (χ4n) is 9.45. The fourth-order valence-corrected chi connectivity index (χ4v) is 9.45. The Morgan fingerprint density at radius 2 is 1.05 bits per heavy atom. The molecule has 61 heavy (non-hydrogen) atoms. The van der Waals surface area contributed by atoms with Crippen molar-refractivity contribution in [2.45, 2.75) is 52.4 Å². The quantitative estimate of drug-likeness (QED) is 0.148. The molecule has 0 saturated carbocycles. The third kappa shape index (κ3) is 7.25. The lowest BCUT2D eigenvalue weighted by Gasteiger charge is -2.33. The number of hydrogen-bond acceptors (Lipinski definition) is 1. The van der Waals surface area contributed by atoms with E-state index in [0.29, 0.717) is 0 Å². The van der Waals surface area contributed by atoms with Crippen LogP contribution in [0.15, 0.2) is 201 Å². The van der Waals surface area contributed by atoms with Crippen molar-refractivity contribution in [3.05, 3.63) is 233 Å². The van der Waals surface area contributed by atoms with Crippen LogP contribution in [0.1, 0.15) is 63.8 Å². The van der Waals surface area contributed by atoms with Crippen LogP contribution in [0, 0.1) is 0 Å². The second-order valence-electron chi connectivity index (χ2n) is 17.8. The average molecular weight is 788 g/mol. The number of benzene rings is 8. The predicted molar refractivity (Wildman–Crippen MR) is 262 cm³/mol. The monoisotopic (exact) mass is 787 g/mol. The first kappa shape index (κ1) is 39.5. The largest absolute Gasteiger partial charge is 0.310 e. The van der Waals surface area contributed by atoms with Gasteiger partial charge < -0.3 is 4.90 Å². The first-order valence-corrected chi connectivity index (χ1v) is 21.5. The SMILES string of the molecule is C=C/C=c1/cccc(-c2ccc(C(C)(C)C)cc2)/c1=C(/C)c1ccc(-c2ccc(N(c3ccccc3-c3ccccc3)c3cccc4c3C(C)(C)c3ccccc3-4)cc2)cc1. The molecule has 298 valence electrons. The van der Waals surface area contributed by atoms with Crippen LogP contribution in [-0.4, -0.2) is 0 Å². The Kier molecular flexibility index (Phi) is 10.3. The summed E-state index contributed by atoms with van der Waals surface area (Å²) in [4.78, 5) is 2.48. The maximum Gasteiger partial charge on any atom is 0.0540 e. The molecule has 9 rings (SSSR count). The van der Waals surface area contributed by atoms with Gasteiger partial charge in [0.25, 0.3) is 0 Å². The topological polar surface area (TPSA) is 3.24 Å². The molecule has 0 unspecified atom stereocenters. The van der Waals surface area contributed by atoms with Gasteiger partial charge in [0, 0.05) is 16.7 Å². The second kappa shape index (κ2) is 15.9. The first-order valence-electron chi connectivity index (χ1n) is 21.5. The standard InChI is InChI=1S/C60H53N/c1-8-18-47-21-16-24-51(46-33-37-48(38-34-46)59(3,4)5)57(47)41(2)42-29-31-43(32-30-42)44-35-39-49(40-36-44)61(55-27-15-13-22-50(55)45-19-10-9-11-20-45)56-28-17-25-53-52-23-12-14-26-54(52)60(6,7)58(53)56/h8-40H,1H2,2-7H3/b47-18-,57-41-. The summed E-state index contributed by atoms with van der Waals surface area (Å²) in [7, 11) is 0. The van der Waals surface area contributed by atoms with Crippen LogP contribution in [0.2, 0.25) is 0 Å². The highest BCUT2D eigenvalue weighted by molar-refractivity contribution is 5.94. The highest BCUT2D eigenvalue weighted by Gasteiger charge is 2.39. The summed E-state index contributed by atoms with van der Waals surface area (Å²) in [6, 6.07) is 69.1. The molecule has 0 radical (unpaired) electrons. The number of hydrogen-bond donors (Lipinski definition) is 0. The van der Waals surface area contributed by atoms with E-state index >= 15 is 0 Å². The number of rotatable bonds is 8. The van der Waals surface area contributed by atoms with Crippen molar-refractivity contribution in [1.82, 2.24) is 0 Å². The van der Waals surface area contributed by atoms with Crippen LogP contribution in [0.3, 0.4) is 0 Å². The Labute approximate surface area is 362 Å². The normalized spacial score (nSPS) is 13.6. The van der Waals surface area contributed by atoms with Gasteiger partial charge in [-0.25, -0.2) is 0 Å². The maximum atomic E-state index is 4.05. The van der Waals surface area contributed by atoms with Gasteiger partial charge in [-0.1, -0.05) is 217 Å². The lowest BCUT2D eigenvalue weighted by atomic mass is 9.81. The zero-order chi connectivity index (χ0) is 42.3. The molecule has 0 bridgehead atoms. The van der Waals surface area contributed by atoms with Gasteiger partial charge in [0.05, 0.1) is 11.4 Å². The number of fused-ring (bicyclic) bond motifs is 3. The number of allylic oxidation sites excluding steroid dienone is 1. The molecule has 8 aromatic carbocycles. The molecule has 1 heteroatoms. The Balaban J connectivity index is 1.12. The minimum Gasteiger partial charge on any atom is -0.310 e. The Hall–Kier alpha value is -6.96. The summed E-state index contributed by atoms with van der Waals surface area (Å²) in [6.07, 6.45) is 4.00. The molecule has 0 N–H and O–H groups in total. The summed E-state index contributed by atoms with van der Waals surface area (Å²) in [5.74, 6) is 0. The van der Waals surface area contributed by atoms with Crippen molar-refractivity contribution in [3.8, 4) is 44.5 Å². The molecule has 1 nitrogen and oxygen atoms in total. The second-order valence-corrected chi connectivity index (χ2v) is 17.8. The molecule has 0 heterocycles. The van der Waals surface area contributed by atoms with Gasteiger partial charge in [-0.05, 0) is 114 Å². The molecule has 0 aromatic heterocycles. The highest BCUT2D eigenvalue weighted by Crippen LogP contribution is 2.55. The molecule has 0 fully saturated rings. The van der Waals surface area contributed by atoms with E-state index in [0.717, 1.165) is 11.4 Å². The van der Waals surface area contributed by atoms with Gasteiger partial charge in [0.15, 0.2) is 0 Å². The summed E-state index contributed by atoms with van der Waals surface area (Å²) in [5.41, 5.74) is 19.7. The Morgan fingerprint density at radius 3 is 1.74 bits per heavy atom. The van der Waals surface area contributed by atoms with E-state index in [1.807, 2.05) is 6.08 Å². The van der Waals surface area contributed by atoms with E-state index in [1.54, 1.807) is 0 Å². The Bertz CT molecular complexity index is 3010. The summed E-state index contributed by atoms with van der Waals surface area (Å²) < 4.78 is 0. The van der Waals surface area contributed by atoms with E-state index in [1.165, 1.54) is 88.5 Å². The summed E-state index contributed by atoms with van der Waals surface area (Å²) in [6.45, 7) is 17.8. The molecule has 0 saturated heterocycles. The third-order valence-electron chi connectivity index (χ3n) is 12.6. The average Bonchev–Trinajstić information content (AvgIpc) is 3.53. The van der Waals surface area contributed by atoms with Crippen LogP contribution in [0.25, 0.3) is 56.2 Å². The summed E-state index contributed by atoms with van der Waals surface area (Å²) in [5, 5.41) is 2.40. The van der Waals surface area contributed by atoms with Gasteiger partial charge in [0.1, 0.15) is 0 Å². The van der Waals surface area contributed by atoms with Gasteiger partial charge >= 0.3 is 0 Å². The van der Waals surface area contributed by atoms with Gasteiger partial charge in [-0.15, -0.1) is 0 Å². The van der Waals surface area contributed by atoms with Crippen LogP contribution < -0.4 is 15.3 Å². The molecular weight excluding hydrogens is 735 g/mol. The van der Waals surface area contributed by atoms with Crippen molar-refractivity contribution in [1.29, 1.82) is 0 Å².